The lowest BCUT2D eigenvalue weighted by atomic mass is 10.1. The van der Waals surface area contributed by atoms with Gasteiger partial charge in [-0.3, -0.25) is 14.9 Å². The molecule has 0 aliphatic carbocycles. The number of nitro groups is 1. The van der Waals surface area contributed by atoms with Gasteiger partial charge in [-0.15, -0.1) is 11.3 Å². The van der Waals surface area contributed by atoms with Crippen molar-refractivity contribution in [1.82, 2.24) is 14.6 Å². The molecule has 0 unspecified atom stereocenters. The van der Waals surface area contributed by atoms with E-state index in [1.54, 1.807) is 18.3 Å². The summed E-state index contributed by atoms with van der Waals surface area (Å²) in [4.78, 5) is 27.3. The van der Waals surface area contributed by atoms with Crippen molar-refractivity contribution in [2.45, 2.75) is 29.6 Å². The van der Waals surface area contributed by atoms with Gasteiger partial charge in [0.2, 0.25) is 0 Å². The van der Waals surface area contributed by atoms with E-state index in [4.69, 9.17) is 4.42 Å². The summed E-state index contributed by atoms with van der Waals surface area (Å²) in [7, 11) is -3.65. The summed E-state index contributed by atoms with van der Waals surface area (Å²) >= 11 is 1.12. The summed E-state index contributed by atoms with van der Waals surface area (Å²) < 4.78 is 33.6. The maximum Gasteiger partial charge on any atom is 0.269 e. The number of thiophene rings is 1. The molecule has 1 aliphatic rings. The van der Waals surface area contributed by atoms with Crippen molar-refractivity contribution >= 4 is 38.6 Å². The Morgan fingerprint density at radius 3 is 2.59 bits per heavy atom. The van der Waals surface area contributed by atoms with Crippen LogP contribution < -0.4 is 10.6 Å². The monoisotopic (exact) mass is 567 g/mol. The van der Waals surface area contributed by atoms with Crippen molar-refractivity contribution < 1.29 is 22.6 Å². The van der Waals surface area contributed by atoms with Gasteiger partial charge in [0.1, 0.15) is 4.21 Å². The van der Waals surface area contributed by atoms with Gasteiger partial charge in [-0.1, -0.05) is 12.1 Å². The Morgan fingerprint density at radius 1 is 1.13 bits per heavy atom. The molecule has 11 nitrogen and oxygen atoms in total. The van der Waals surface area contributed by atoms with Gasteiger partial charge < -0.3 is 15.1 Å². The number of carbonyl (C=O) groups is 1. The summed E-state index contributed by atoms with van der Waals surface area (Å²) in [5, 5.41) is 17.0. The van der Waals surface area contributed by atoms with E-state index >= 15 is 0 Å². The molecule has 0 spiro atoms. The maximum absolute atomic E-state index is 13.2. The summed E-state index contributed by atoms with van der Waals surface area (Å²) in [6.45, 7) is 0.937. The number of aromatic nitrogens is 1. The maximum atomic E-state index is 13.2. The molecule has 1 saturated heterocycles. The minimum atomic E-state index is -3.65. The third-order valence-electron chi connectivity index (χ3n) is 6.40. The quantitative estimate of drug-likeness (QED) is 0.222. The number of amides is 1. The van der Waals surface area contributed by atoms with Gasteiger partial charge in [0.05, 0.1) is 17.7 Å². The lowest BCUT2D eigenvalue weighted by Crippen LogP contribution is -2.42. The first-order chi connectivity index (χ1) is 18.8. The van der Waals surface area contributed by atoms with Gasteiger partial charge in [-0.2, -0.15) is 4.31 Å². The van der Waals surface area contributed by atoms with Crippen molar-refractivity contribution in [3.05, 3.63) is 93.8 Å². The average molecular weight is 568 g/mol. The summed E-state index contributed by atoms with van der Waals surface area (Å²) in [6.07, 6.45) is 4.37. The highest BCUT2D eigenvalue weighted by molar-refractivity contribution is 7.91. The lowest BCUT2D eigenvalue weighted by Gasteiger charge is -2.31. The first-order valence-electron chi connectivity index (χ1n) is 12.2. The van der Waals surface area contributed by atoms with Crippen LogP contribution in [0.2, 0.25) is 0 Å². The molecule has 0 bridgehead atoms. The zero-order chi connectivity index (χ0) is 27.4. The first kappa shape index (κ1) is 26.5. The van der Waals surface area contributed by atoms with Crippen molar-refractivity contribution in [2.75, 3.05) is 18.4 Å². The van der Waals surface area contributed by atoms with E-state index in [9.17, 15) is 23.3 Å². The second-order valence-electron chi connectivity index (χ2n) is 8.98. The molecular formula is C26H25N5O6S2. The second kappa shape index (κ2) is 11.4. The number of benzene rings is 2. The van der Waals surface area contributed by atoms with Gasteiger partial charge in [0.15, 0.2) is 12.2 Å². The zero-order valence-corrected chi connectivity index (χ0v) is 22.3. The Kier molecular flexibility index (Phi) is 7.72. The van der Waals surface area contributed by atoms with Crippen LogP contribution in [-0.2, 0) is 16.6 Å². The van der Waals surface area contributed by atoms with Crippen LogP contribution in [0.15, 0.2) is 81.9 Å². The van der Waals surface area contributed by atoms with Crippen LogP contribution >= 0.6 is 11.3 Å². The number of carbonyl (C=O) groups excluding carboxylic acids is 1. The van der Waals surface area contributed by atoms with Gasteiger partial charge in [-0.25, -0.2) is 13.4 Å². The number of hydrogen-bond acceptors (Lipinski definition) is 9. The molecule has 2 N–H and O–H groups in total. The number of non-ortho nitro benzene ring substituents is 1. The first-order valence-corrected chi connectivity index (χ1v) is 14.4. The Hall–Kier alpha value is -4.07. The molecule has 0 radical (unpaired) electrons. The third kappa shape index (κ3) is 6.16. The molecule has 3 heterocycles. The molecule has 1 aliphatic heterocycles. The number of nitrogens with zero attached hydrogens (tertiary/aromatic N) is 3. The molecule has 2 aromatic heterocycles. The Morgan fingerprint density at radius 2 is 1.90 bits per heavy atom. The van der Waals surface area contributed by atoms with E-state index in [1.165, 1.54) is 35.0 Å². The molecule has 4 aromatic rings. The summed E-state index contributed by atoms with van der Waals surface area (Å²) in [5.41, 5.74) is 2.03. The SMILES string of the molecule is O=C(NCc1ccc(S(=O)(=O)N2CCC(Nc3cccc(-c4cnco4)c3)CC2)s1)c1ccc([N+](=O)[O-])cc1. The predicted molar refractivity (Wildman–Crippen MR) is 146 cm³/mol. The highest BCUT2D eigenvalue weighted by Gasteiger charge is 2.30. The fourth-order valence-corrected chi connectivity index (χ4v) is 7.24. The largest absolute Gasteiger partial charge is 0.444 e. The van der Waals surface area contributed by atoms with E-state index < -0.39 is 20.9 Å². The molecule has 0 saturated carbocycles. The lowest BCUT2D eigenvalue weighted by molar-refractivity contribution is -0.384. The molecule has 1 amide bonds. The van der Waals surface area contributed by atoms with Crippen LogP contribution in [0, 0.1) is 10.1 Å². The van der Waals surface area contributed by atoms with E-state index in [0.717, 1.165) is 22.6 Å². The smallest absolute Gasteiger partial charge is 0.269 e. The number of hydrogen-bond donors (Lipinski definition) is 2. The standard InChI is InChI=1S/C26H25N5O6S2/c32-26(18-4-6-22(7-5-18)31(33)34)28-15-23-8-9-25(38-23)39(35,36)30-12-10-20(11-13-30)29-21-3-1-2-19(14-21)24-16-27-17-37-24/h1-9,14,16-17,20,29H,10-13,15H2,(H,28,32). The highest BCUT2D eigenvalue weighted by atomic mass is 32.2. The van der Waals surface area contributed by atoms with Crippen LogP contribution in [0.3, 0.4) is 0 Å². The molecule has 1 fully saturated rings. The topological polar surface area (TPSA) is 148 Å². The van der Waals surface area contributed by atoms with E-state index in [0.29, 0.717) is 36.6 Å². The molecule has 0 atom stereocenters. The number of sulfonamides is 1. The molecule has 202 valence electrons. The van der Waals surface area contributed by atoms with Crippen LogP contribution in [0.25, 0.3) is 11.3 Å². The van der Waals surface area contributed by atoms with E-state index in [2.05, 4.69) is 15.6 Å². The second-order valence-corrected chi connectivity index (χ2v) is 12.3. The predicted octanol–water partition coefficient (Wildman–Crippen LogP) is 4.51. The average Bonchev–Trinajstić information content (AvgIpc) is 3.66. The van der Waals surface area contributed by atoms with Crippen LogP contribution in [0.5, 0.6) is 0 Å². The number of piperidine rings is 1. The Labute approximate surface area is 228 Å². The molecular weight excluding hydrogens is 542 g/mol. The Bertz CT molecular complexity index is 1560. The number of rotatable bonds is 9. The fraction of sp³-hybridized carbons (Fsp3) is 0.231. The van der Waals surface area contributed by atoms with Crippen LogP contribution in [0.1, 0.15) is 28.1 Å². The number of nitro benzene ring substituents is 1. The Balaban J connectivity index is 1.14. The van der Waals surface area contributed by atoms with Gasteiger partial charge in [0, 0.05) is 53.0 Å². The number of oxazole rings is 1. The number of anilines is 1. The van der Waals surface area contributed by atoms with Crippen molar-refractivity contribution in [2.24, 2.45) is 0 Å². The minimum Gasteiger partial charge on any atom is -0.444 e. The van der Waals surface area contributed by atoms with Crippen molar-refractivity contribution in [3.8, 4) is 11.3 Å². The van der Waals surface area contributed by atoms with Gasteiger partial charge >= 0.3 is 0 Å². The summed E-state index contributed by atoms with van der Waals surface area (Å²) in [6, 6.07) is 16.5. The van der Waals surface area contributed by atoms with Crippen molar-refractivity contribution in [3.63, 3.8) is 0 Å². The normalized spacial score (nSPS) is 14.7. The molecule has 39 heavy (non-hydrogen) atoms. The van der Waals surface area contributed by atoms with Crippen molar-refractivity contribution in [1.29, 1.82) is 0 Å². The highest BCUT2D eigenvalue weighted by Crippen LogP contribution is 2.29. The zero-order valence-electron chi connectivity index (χ0n) is 20.6. The van der Waals surface area contributed by atoms with Gasteiger partial charge in [0.25, 0.3) is 21.6 Å². The van der Waals surface area contributed by atoms with Crippen LogP contribution in [-0.4, -0.2) is 47.7 Å². The molecule has 2 aromatic carbocycles. The third-order valence-corrected chi connectivity index (χ3v) is 9.85. The molecule has 5 rings (SSSR count). The molecule has 13 heteroatoms. The minimum absolute atomic E-state index is 0.100. The van der Waals surface area contributed by atoms with Crippen LogP contribution in [0.4, 0.5) is 11.4 Å². The van der Waals surface area contributed by atoms with Gasteiger partial charge in [-0.05, 0) is 49.2 Å². The fourth-order valence-electron chi connectivity index (χ4n) is 4.32. The van der Waals surface area contributed by atoms with E-state index in [1.807, 2.05) is 24.3 Å². The summed E-state index contributed by atoms with van der Waals surface area (Å²) in [5.74, 6) is 0.282. The van der Waals surface area contributed by atoms with E-state index in [-0.39, 0.29) is 28.0 Å². The number of nitrogens with one attached hydrogen (secondary N) is 2.